The fraction of sp³-hybridized carbons (Fsp3) is 0.292. The molecule has 0 fully saturated rings. The van der Waals surface area contributed by atoms with Crippen LogP contribution >= 0.6 is 0 Å². The summed E-state index contributed by atoms with van der Waals surface area (Å²) >= 11 is 0. The van der Waals surface area contributed by atoms with Crippen LogP contribution < -0.4 is 9.80 Å². The molecule has 0 bridgehead atoms. The molecule has 0 radical (unpaired) electrons. The number of anilines is 4. The second kappa shape index (κ2) is 6.41. The number of hydrogen-bond donors (Lipinski definition) is 0. The molecule has 3 aromatic rings. The number of fused-ring (bicyclic) bond motifs is 1. The zero-order chi connectivity index (χ0) is 19.2. The lowest BCUT2D eigenvalue weighted by molar-refractivity contribution is 0.590. The molecule has 0 spiro atoms. The van der Waals surface area contributed by atoms with Crippen LogP contribution in [0.5, 0.6) is 0 Å². The maximum Gasteiger partial charge on any atom is 0.158 e. The van der Waals surface area contributed by atoms with Crippen LogP contribution in [0.15, 0.2) is 66.9 Å². The van der Waals surface area contributed by atoms with E-state index in [4.69, 9.17) is 4.98 Å². The van der Waals surface area contributed by atoms with Crippen molar-refractivity contribution in [3.05, 3.63) is 78.0 Å². The summed E-state index contributed by atoms with van der Waals surface area (Å²) in [5.74, 6) is 1.01. The third kappa shape index (κ3) is 2.97. The van der Waals surface area contributed by atoms with E-state index in [0.717, 1.165) is 11.5 Å². The van der Waals surface area contributed by atoms with E-state index in [2.05, 4.69) is 99.0 Å². The molecule has 1 atom stereocenters. The van der Waals surface area contributed by atoms with Gasteiger partial charge in [0.15, 0.2) is 5.82 Å². The van der Waals surface area contributed by atoms with Crippen LogP contribution in [0.4, 0.5) is 22.9 Å². The van der Waals surface area contributed by atoms with E-state index in [-0.39, 0.29) is 11.6 Å². The molecule has 1 aromatic heterocycles. The molecule has 3 nitrogen and oxygen atoms in total. The van der Waals surface area contributed by atoms with Crippen molar-refractivity contribution in [2.24, 2.45) is 0 Å². The summed E-state index contributed by atoms with van der Waals surface area (Å²) in [4.78, 5) is 9.44. The number of hydrogen-bond acceptors (Lipinski definition) is 3. The van der Waals surface area contributed by atoms with Crippen LogP contribution in [0.1, 0.15) is 38.8 Å². The Balaban J connectivity index is 1.80. The fourth-order valence-corrected chi connectivity index (χ4v) is 3.88. The summed E-state index contributed by atoms with van der Waals surface area (Å²) in [6.07, 6.45) is 2.03. The van der Waals surface area contributed by atoms with Crippen molar-refractivity contribution in [3.8, 4) is 0 Å². The fourth-order valence-electron chi connectivity index (χ4n) is 3.88. The summed E-state index contributed by atoms with van der Waals surface area (Å²) < 4.78 is 0. The van der Waals surface area contributed by atoms with E-state index in [9.17, 15) is 0 Å². The Bertz CT molecular complexity index is 954. The van der Waals surface area contributed by atoms with Gasteiger partial charge in [0.25, 0.3) is 0 Å². The molecular weight excluding hydrogens is 330 g/mol. The summed E-state index contributed by atoms with van der Waals surface area (Å²) in [5.41, 5.74) is 6.31. The molecule has 0 aliphatic carbocycles. The molecule has 1 aliphatic heterocycles. The Morgan fingerprint density at radius 2 is 1.48 bits per heavy atom. The Morgan fingerprint density at radius 3 is 2.15 bits per heavy atom. The number of rotatable bonds is 2. The Kier molecular flexibility index (Phi) is 4.18. The first-order chi connectivity index (χ1) is 12.9. The molecular formula is C24H27N3. The summed E-state index contributed by atoms with van der Waals surface area (Å²) in [6, 6.07) is 21.6. The second-order valence-corrected chi connectivity index (χ2v) is 8.30. The van der Waals surface area contributed by atoms with Crippen molar-refractivity contribution in [3.63, 3.8) is 0 Å². The number of aromatic nitrogens is 1. The van der Waals surface area contributed by atoms with Gasteiger partial charge in [0.2, 0.25) is 0 Å². The Morgan fingerprint density at radius 1 is 0.815 bits per heavy atom. The van der Waals surface area contributed by atoms with E-state index in [0.29, 0.717) is 0 Å². The highest BCUT2D eigenvalue weighted by Gasteiger charge is 2.36. The molecule has 2 heterocycles. The number of para-hydroxylation sites is 1. The minimum atomic E-state index is 0.150. The van der Waals surface area contributed by atoms with Crippen molar-refractivity contribution in [1.82, 2.24) is 4.98 Å². The van der Waals surface area contributed by atoms with E-state index >= 15 is 0 Å². The average Bonchev–Trinajstić information content (AvgIpc) is 2.93. The first-order valence-corrected chi connectivity index (χ1v) is 9.57. The summed E-state index contributed by atoms with van der Waals surface area (Å²) in [6.45, 7) is 11.1. The molecule has 4 rings (SSSR count). The molecule has 1 aliphatic rings. The third-order valence-electron chi connectivity index (χ3n) is 5.39. The number of benzene rings is 2. The van der Waals surface area contributed by atoms with Gasteiger partial charge in [-0.05, 0) is 60.7 Å². The predicted octanol–water partition coefficient (Wildman–Crippen LogP) is 6.32. The van der Waals surface area contributed by atoms with E-state index in [1.807, 2.05) is 12.3 Å². The maximum absolute atomic E-state index is 4.73. The number of nitrogens with zero attached hydrogens (tertiary/aromatic N) is 3. The van der Waals surface area contributed by atoms with Gasteiger partial charge in [-0.2, -0.15) is 0 Å². The lowest BCUT2D eigenvalue weighted by atomic mass is 9.87. The standard InChI is InChI=1S/C24H27N3/c1-17-9-6-7-10-21(17)27-18(2)26(22-11-8-16-25-23(22)27)20-14-12-19(13-15-20)24(3,4)5/h6-16,18H,1-5H3/t18-/m0/s1. The van der Waals surface area contributed by atoms with Crippen LogP contribution in [-0.4, -0.2) is 11.1 Å². The first-order valence-electron chi connectivity index (χ1n) is 9.57. The van der Waals surface area contributed by atoms with Crippen LogP contribution in [-0.2, 0) is 5.41 Å². The number of pyridine rings is 1. The molecule has 3 heteroatoms. The van der Waals surface area contributed by atoms with Crippen LogP contribution in [0.25, 0.3) is 0 Å². The molecule has 0 saturated carbocycles. The SMILES string of the molecule is Cc1ccccc1N1c2ncccc2N(c2ccc(C(C)(C)C)cc2)[C@@H]1C. The quantitative estimate of drug-likeness (QED) is 0.535. The van der Waals surface area contributed by atoms with Gasteiger partial charge in [0.05, 0.1) is 5.69 Å². The van der Waals surface area contributed by atoms with Crippen molar-refractivity contribution in [2.75, 3.05) is 9.80 Å². The lowest BCUT2D eigenvalue weighted by Gasteiger charge is -2.31. The number of aryl methyl sites for hydroxylation is 1. The smallest absolute Gasteiger partial charge is 0.158 e. The minimum Gasteiger partial charge on any atom is -0.317 e. The summed E-state index contributed by atoms with van der Waals surface area (Å²) in [7, 11) is 0. The van der Waals surface area contributed by atoms with Gasteiger partial charge < -0.3 is 9.80 Å². The van der Waals surface area contributed by atoms with Crippen molar-refractivity contribution < 1.29 is 0 Å². The molecule has 0 amide bonds. The Labute approximate surface area is 162 Å². The highest BCUT2D eigenvalue weighted by molar-refractivity contribution is 5.86. The highest BCUT2D eigenvalue weighted by Crippen LogP contribution is 2.46. The predicted molar refractivity (Wildman–Crippen MR) is 114 cm³/mol. The van der Waals surface area contributed by atoms with Gasteiger partial charge in [0, 0.05) is 17.6 Å². The van der Waals surface area contributed by atoms with E-state index < -0.39 is 0 Å². The van der Waals surface area contributed by atoms with Gasteiger partial charge in [-0.25, -0.2) is 4.98 Å². The molecule has 0 unspecified atom stereocenters. The van der Waals surface area contributed by atoms with Gasteiger partial charge in [-0.15, -0.1) is 0 Å². The van der Waals surface area contributed by atoms with Gasteiger partial charge in [0.1, 0.15) is 6.17 Å². The van der Waals surface area contributed by atoms with Crippen LogP contribution in [0.2, 0.25) is 0 Å². The molecule has 0 N–H and O–H groups in total. The van der Waals surface area contributed by atoms with Crippen LogP contribution in [0.3, 0.4) is 0 Å². The molecule has 27 heavy (non-hydrogen) atoms. The molecule has 2 aromatic carbocycles. The maximum atomic E-state index is 4.73. The van der Waals surface area contributed by atoms with Gasteiger partial charge >= 0.3 is 0 Å². The van der Waals surface area contributed by atoms with Gasteiger partial charge in [-0.1, -0.05) is 51.1 Å². The normalized spacial score (nSPS) is 16.6. The zero-order valence-electron chi connectivity index (χ0n) is 16.8. The van der Waals surface area contributed by atoms with Crippen LogP contribution in [0, 0.1) is 6.92 Å². The minimum absolute atomic E-state index is 0.150. The van der Waals surface area contributed by atoms with Crippen molar-refractivity contribution >= 4 is 22.9 Å². The highest BCUT2D eigenvalue weighted by atomic mass is 15.4. The topological polar surface area (TPSA) is 19.4 Å². The van der Waals surface area contributed by atoms with Gasteiger partial charge in [-0.3, -0.25) is 0 Å². The Hall–Kier alpha value is -2.81. The molecule has 0 saturated heterocycles. The zero-order valence-corrected chi connectivity index (χ0v) is 16.8. The second-order valence-electron chi connectivity index (χ2n) is 8.30. The summed E-state index contributed by atoms with van der Waals surface area (Å²) in [5, 5.41) is 0. The van der Waals surface area contributed by atoms with Crippen molar-refractivity contribution in [1.29, 1.82) is 0 Å². The third-order valence-corrected chi connectivity index (χ3v) is 5.39. The first kappa shape index (κ1) is 17.6. The lowest BCUT2D eigenvalue weighted by Crippen LogP contribution is -2.35. The molecule has 138 valence electrons. The monoisotopic (exact) mass is 357 g/mol. The average molecular weight is 358 g/mol. The van der Waals surface area contributed by atoms with E-state index in [1.165, 1.54) is 22.5 Å². The van der Waals surface area contributed by atoms with E-state index in [1.54, 1.807) is 0 Å². The largest absolute Gasteiger partial charge is 0.317 e. The van der Waals surface area contributed by atoms with Crippen molar-refractivity contribution in [2.45, 2.75) is 46.2 Å².